The molecule has 166 valence electrons. The molecule has 2 rings (SSSR count). The minimum atomic E-state index is -0.661. The Kier molecular flexibility index (Phi) is 9.55. The van der Waals surface area contributed by atoms with Crippen LogP contribution in [0.2, 0.25) is 0 Å². The van der Waals surface area contributed by atoms with Gasteiger partial charge in [-0.25, -0.2) is 4.79 Å². The van der Waals surface area contributed by atoms with E-state index in [1.807, 2.05) is 38.1 Å². The van der Waals surface area contributed by atoms with Crippen molar-refractivity contribution in [2.75, 3.05) is 19.0 Å². The van der Waals surface area contributed by atoms with Crippen LogP contribution in [0.3, 0.4) is 0 Å². The molecule has 0 unspecified atom stereocenters. The van der Waals surface area contributed by atoms with Gasteiger partial charge in [-0.3, -0.25) is 9.59 Å². The minimum Gasteiger partial charge on any atom is -0.497 e. The molecule has 0 fully saturated rings. The van der Waals surface area contributed by atoms with Gasteiger partial charge in [-0.2, -0.15) is 0 Å². The Labute approximate surface area is 183 Å². The summed E-state index contributed by atoms with van der Waals surface area (Å²) in [7, 11) is 1.60. The molecule has 0 aliphatic rings. The number of amides is 2. The van der Waals surface area contributed by atoms with Crippen molar-refractivity contribution in [1.29, 1.82) is 0 Å². The fourth-order valence-electron chi connectivity index (χ4n) is 3.00. The normalized spacial score (nSPS) is 10.5. The topological polar surface area (TPSA) is 93.7 Å². The van der Waals surface area contributed by atoms with E-state index in [9.17, 15) is 14.4 Å². The van der Waals surface area contributed by atoms with E-state index in [2.05, 4.69) is 10.6 Å². The Balaban J connectivity index is 1.90. The Hall–Kier alpha value is -3.35. The molecule has 0 bridgehead atoms. The minimum absolute atomic E-state index is 0.0588. The zero-order valence-corrected chi connectivity index (χ0v) is 18.3. The van der Waals surface area contributed by atoms with Crippen LogP contribution >= 0.6 is 0 Å². The zero-order valence-electron chi connectivity index (χ0n) is 18.3. The fourth-order valence-corrected chi connectivity index (χ4v) is 3.00. The van der Waals surface area contributed by atoms with E-state index in [1.54, 1.807) is 31.4 Å². The van der Waals surface area contributed by atoms with Crippen molar-refractivity contribution in [3.05, 3.63) is 59.7 Å². The maximum atomic E-state index is 12.5. The summed E-state index contributed by atoms with van der Waals surface area (Å²) in [6, 6.07) is 14.1. The third kappa shape index (κ3) is 7.77. The Morgan fingerprint density at radius 3 is 2.26 bits per heavy atom. The molecule has 2 N–H and O–H groups in total. The number of ether oxygens (including phenoxy) is 2. The second-order valence-electron chi connectivity index (χ2n) is 7.10. The first-order valence-electron chi connectivity index (χ1n) is 10.4. The number of hydrogen-bond donors (Lipinski definition) is 2. The van der Waals surface area contributed by atoms with Gasteiger partial charge in [0.25, 0.3) is 5.91 Å². The molecule has 0 atom stereocenters. The van der Waals surface area contributed by atoms with Gasteiger partial charge >= 0.3 is 5.97 Å². The molecule has 0 aliphatic heterocycles. The molecule has 0 heterocycles. The monoisotopic (exact) mass is 426 g/mol. The van der Waals surface area contributed by atoms with E-state index in [4.69, 9.17) is 9.47 Å². The number of para-hydroxylation sites is 1. The molecule has 7 heteroatoms. The first-order valence-corrected chi connectivity index (χ1v) is 10.4. The number of anilines is 1. The second kappa shape index (κ2) is 12.4. The number of nitrogens with one attached hydrogen (secondary N) is 2. The summed E-state index contributed by atoms with van der Waals surface area (Å²) in [5, 5.41) is 5.57. The van der Waals surface area contributed by atoms with Crippen molar-refractivity contribution < 1.29 is 23.9 Å². The number of rotatable bonds is 11. The Bertz CT molecular complexity index is 876. The highest BCUT2D eigenvalue weighted by Gasteiger charge is 2.17. The molecule has 0 saturated heterocycles. The van der Waals surface area contributed by atoms with Crippen LogP contribution in [-0.2, 0) is 20.7 Å². The molecule has 0 aliphatic carbocycles. The van der Waals surface area contributed by atoms with Crippen LogP contribution in [0.15, 0.2) is 48.5 Å². The van der Waals surface area contributed by atoms with Crippen molar-refractivity contribution in [3.63, 3.8) is 0 Å². The van der Waals surface area contributed by atoms with Gasteiger partial charge in [-0.05, 0) is 49.1 Å². The molecular weight excluding hydrogens is 396 g/mol. The Morgan fingerprint density at radius 1 is 0.935 bits per heavy atom. The third-order valence-electron chi connectivity index (χ3n) is 4.91. The molecule has 2 amide bonds. The molecule has 0 spiro atoms. The van der Waals surface area contributed by atoms with Gasteiger partial charge in [0.2, 0.25) is 5.91 Å². The first-order chi connectivity index (χ1) is 15.0. The average Bonchev–Trinajstić information content (AvgIpc) is 2.80. The number of benzene rings is 2. The van der Waals surface area contributed by atoms with Gasteiger partial charge in [-0.1, -0.05) is 38.1 Å². The summed E-state index contributed by atoms with van der Waals surface area (Å²) in [6.45, 7) is 3.59. The van der Waals surface area contributed by atoms with Gasteiger partial charge in [0.1, 0.15) is 5.75 Å². The van der Waals surface area contributed by atoms with Crippen molar-refractivity contribution in [1.82, 2.24) is 5.32 Å². The lowest BCUT2D eigenvalue weighted by Crippen LogP contribution is -2.36. The number of esters is 1. The summed E-state index contributed by atoms with van der Waals surface area (Å²) in [5.74, 6) is -0.467. The molecular formula is C24H30N2O5. The lowest BCUT2D eigenvalue weighted by molar-refractivity contribution is -0.125. The van der Waals surface area contributed by atoms with Crippen molar-refractivity contribution in [3.8, 4) is 5.75 Å². The summed E-state index contributed by atoms with van der Waals surface area (Å²) in [4.78, 5) is 36.8. The molecule has 2 aromatic rings. The van der Waals surface area contributed by atoms with Gasteiger partial charge < -0.3 is 20.1 Å². The van der Waals surface area contributed by atoms with Crippen LogP contribution in [0, 0.1) is 0 Å². The fraction of sp³-hybridized carbons (Fsp3) is 0.375. The summed E-state index contributed by atoms with van der Waals surface area (Å²) < 4.78 is 10.3. The largest absolute Gasteiger partial charge is 0.497 e. The number of aryl methyl sites for hydroxylation is 1. The molecule has 7 nitrogen and oxygen atoms in total. The van der Waals surface area contributed by atoms with Crippen LogP contribution < -0.4 is 15.4 Å². The lowest BCUT2D eigenvalue weighted by Gasteiger charge is -2.15. The molecule has 31 heavy (non-hydrogen) atoms. The van der Waals surface area contributed by atoms with Crippen LogP contribution in [0.25, 0.3) is 0 Å². The van der Waals surface area contributed by atoms with Crippen molar-refractivity contribution in [2.24, 2.45) is 0 Å². The van der Waals surface area contributed by atoms with Crippen LogP contribution in [-0.4, -0.2) is 37.5 Å². The predicted molar refractivity (Wildman–Crippen MR) is 119 cm³/mol. The van der Waals surface area contributed by atoms with Crippen molar-refractivity contribution >= 4 is 23.5 Å². The van der Waals surface area contributed by atoms with Crippen LogP contribution in [0.5, 0.6) is 5.75 Å². The van der Waals surface area contributed by atoms with E-state index in [-0.39, 0.29) is 36.4 Å². The molecule has 0 saturated carbocycles. The van der Waals surface area contributed by atoms with E-state index in [1.165, 1.54) is 0 Å². The van der Waals surface area contributed by atoms with Gasteiger partial charge in [0, 0.05) is 12.5 Å². The maximum Gasteiger partial charge on any atom is 0.340 e. The smallest absolute Gasteiger partial charge is 0.340 e. The van der Waals surface area contributed by atoms with Crippen LogP contribution in [0.4, 0.5) is 5.69 Å². The number of carbonyl (C=O) groups excluding carboxylic acids is 3. The van der Waals surface area contributed by atoms with E-state index in [0.717, 1.165) is 24.2 Å². The number of carbonyl (C=O) groups is 3. The molecule has 2 aromatic carbocycles. The van der Waals surface area contributed by atoms with Gasteiger partial charge in [0.05, 0.1) is 18.4 Å². The van der Waals surface area contributed by atoms with E-state index < -0.39 is 5.97 Å². The zero-order chi connectivity index (χ0) is 22.6. The second-order valence-corrected chi connectivity index (χ2v) is 7.10. The predicted octanol–water partition coefficient (Wildman–Crippen LogP) is 3.73. The Morgan fingerprint density at radius 2 is 1.61 bits per heavy atom. The van der Waals surface area contributed by atoms with E-state index >= 15 is 0 Å². The molecule has 0 radical (unpaired) electrons. The summed E-state index contributed by atoms with van der Waals surface area (Å²) in [5.41, 5.74) is 1.57. The van der Waals surface area contributed by atoms with Gasteiger partial charge in [-0.15, -0.1) is 0 Å². The number of hydrogen-bond acceptors (Lipinski definition) is 5. The standard InChI is InChI=1S/C24H30N2O5/c1-4-18(5-2)25-23(28)16-31-24(29)20-8-6-7-9-21(20)26-22(27)15-12-17-10-13-19(30-3)14-11-17/h6-11,13-14,18H,4-5,12,15-16H2,1-3H3,(H,25,28)(H,26,27). The SMILES string of the molecule is CCC(CC)NC(=O)COC(=O)c1ccccc1NC(=O)CCc1ccc(OC)cc1. The van der Waals surface area contributed by atoms with E-state index in [0.29, 0.717) is 12.1 Å². The van der Waals surface area contributed by atoms with Crippen LogP contribution in [0.1, 0.15) is 49.0 Å². The van der Waals surface area contributed by atoms with Crippen molar-refractivity contribution in [2.45, 2.75) is 45.6 Å². The lowest BCUT2D eigenvalue weighted by atomic mass is 10.1. The highest BCUT2D eigenvalue weighted by atomic mass is 16.5. The number of methoxy groups -OCH3 is 1. The highest BCUT2D eigenvalue weighted by Crippen LogP contribution is 2.18. The third-order valence-corrected chi connectivity index (χ3v) is 4.91. The van der Waals surface area contributed by atoms with Gasteiger partial charge in [0.15, 0.2) is 6.61 Å². The first kappa shape index (κ1) is 23.9. The molecule has 0 aromatic heterocycles. The summed E-state index contributed by atoms with van der Waals surface area (Å²) in [6.07, 6.45) is 2.43. The quantitative estimate of drug-likeness (QED) is 0.534. The highest BCUT2D eigenvalue weighted by molar-refractivity contribution is 6.01. The summed E-state index contributed by atoms with van der Waals surface area (Å²) >= 11 is 0. The average molecular weight is 427 g/mol. The maximum absolute atomic E-state index is 12.5.